The van der Waals surface area contributed by atoms with Crippen molar-refractivity contribution in [1.82, 2.24) is 25.2 Å². The number of hydroxylamine groups is 2. The van der Waals surface area contributed by atoms with E-state index in [4.69, 9.17) is 14.3 Å². The van der Waals surface area contributed by atoms with Crippen molar-refractivity contribution in [3.05, 3.63) is 36.0 Å². The summed E-state index contributed by atoms with van der Waals surface area (Å²) in [4.78, 5) is 66.4. The lowest BCUT2D eigenvalue weighted by Crippen LogP contribution is -2.55. The largest absolute Gasteiger partial charge is 0.379 e. The van der Waals surface area contributed by atoms with E-state index in [9.17, 15) is 19.2 Å². The average Bonchev–Trinajstić information content (AvgIpc) is 3.75. The molecule has 7 atom stereocenters. The molecule has 2 N–H and O–H groups in total. The van der Waals surface area contributed by atoms with E-state index in [1.165, 1.54) is 12.0 Å². The molecule has 3 heterocycles. The zero-order chi connectivity index (χ0) is 35.0. The van der Waals surface area contributed by atoms with Gasteiger partial charge in [0.1, 0.15) is 6.04 Å². The van der Waals surface area contributed by atoms with Crippen molar-refractivity contribution in [2.24, 2.45) is 11.8 Å². The summed E-state index contributed by atoms with van der Waals surface area (Å²) in [5.74, 6) is -1.34. The summed E-state index contributed by atoms with van der Waals surface area (Å²) in [5.41, 5.74) is 1.88. The molecule has 48 heavy (non-hydrogen) atoms. The topological polar surface area (TPSA) is 134 Å². The summed E-state index contributed by atoms with van der Waals surface area (Å²) in [6.45, 7) is 8.90. The van der Waals surface area contributed by atoms with Gasteiger partial charge in [0.2, 0.25) is 17.7 Å². The molecule has 0 unspecified atom stereocenters. The maximum atomic E-state index is 14.0. The van der Waals surface area contributed by atoms with Gasteiger partial charge < -0.3 is 29.6 Å². The number of nitrogens with one attached hydrogen (secondary N) is 2. The number of methoxy groups -OCH3 is 2. The second-order valence-electron chi connectivity index (χ2n) is 13.4. The highest BCUT2D eigenvalue weighted by molar-refractivity contribution is 5.90. The van der Waals surface area contributed by atoms with Crippen molar-refractivity contribution in [3.63, 3.8) is 0 Å². The lowest BCUT2D eigenvalue weighted by molar-refractivity contribution is -0.199. The number of aromatic amines is 1. The van der Waals surface area contributed by atoms with Gasteiger partial charge in [0.15, 0.2) is 0 Å². The first-order chi connectivity index (χ1) is 23.0. The minimum absolute atomic E-state index is 0.0820. The Balaban J connectivity index is 1.50. The third-order valence-electron chi connectivity index (χ3n) is 10.4. The molecule has 2 aliphatic heterocycles. The van der Waals surface area contributed by atoms with Crippen molar-refractivity contribution < 1.29 is 33.5 Å². The molecule has 4 rings (SSSR count). The number of ether oxygens (including phenoxy) is 2. The second kappa shape index (κ2) is 17.3. The summed E-state index contributed by atoms with van der Waals surface area (Å²) in [6.07, 6.45) is 5.18. The number of carbonyl (C=O) groups is 4. The summed E-state index contributed by atoms with van der Waals surface area (Å²) in [6, 6.07) is 6.42. The fourth-order valence-electron chi connectivity index (χ4n) is 7.34. The van der Waals surface area contributed by atoms with Gasteiger partial charge in [0.25, 0.3) is 5.91 Å². The van der Waals surface area contributed by atoms with Crippen molar-refractivity contribution in [2.45, 2.75) is 103 Å². The zero-order valence-electron chi connectivity index (χ0n) is 29.7. The molecule has 2 aromatic rings. The highest BCUT2D eigenvalue weighted by Crippen LogP contribution is 2.29. The Morgan fingerprint density at radius 3 is 2.48 bits per heavy atom. The van der Waals surface area contributed by atoms with Crippen LogP contribution in [-0.2, 0) is 39.9 Å². The number of rotatable bonds is 15. The van der Waals surface area contributed by atoms with Gasteiger partial charge >= 0.3 is 0 Å². The predicted molar refractivity (Wildman–Crippen MR) is 183 cm³/mol. The van der Waals surface area contributed by atoms with Crippen molar-refractivity contribution in [3.8, 4) is 0 Å². The summed E-state index contributed by atoms with van der Waals surface area (Å²) < 4.78 is 11.8. The van der Waals surface area contributed by atoms with Gasteiger partial charge in [0, 0.05) is 64.8 Å². The van der Waals surface area contributed by atoms with E-state index in [2.05, 4.69) is 24.1 Å². The van der Waals surface area contributed by atoms with Crippen LogP contribution in [0.5, 0.6) is 0 Å². The highest BCUT2D eigenvalue weighted by atomic mass is 16.7. The molecule has 0 radical (unpaired) electrons. The van der Waals surface area contributed by atoms with Crippen LogP contribution in [0.4, 0.5) is 0 Å². The highest BCUT2D eigenvalue weighted by Gasteiger charge is 2.42. The lowest BCUT2D eigenvalue weighted by Gasteiger charge is -2.39. The first kappa shape index (κ1) is 37.3. The number of amides is 4. The number of para-hydroxylation sites is 1. The molecular weight excluding hydrogens is 614 g/mol. The molecule has 12 nitrogen and oxygen atoms in total. The molecule has 12 heteroatoms. The van der Waals surface area contributed by atoms with Crippen molar-refractivity contribution in [2.75, 3.05) is 41.0 Å². The Hall–Kier alpha value is -3.48. The molecule has 266 valence electrons. The quantitative estimate of drug-likeness (QED) is 0.296. The summed E-state index contributed by atoms with van der Waals surface area (Å²) in [7, 11) is 4.89. The van der Waals surface area contributed by atoms with E-state index < -0.39 is 24.2 Å². The normalized spacial score (nSPS) is 20.5. The Kier molecular flexibility index (Phi) is 13.4. The zero-order valence-corrected chi connectivity index (χ0v) is 29.7. The molecule has 2 saturated heterocycles. The van der Waals surface area contributed by atoms with E-state index in [0.29, 0.717) is 26.1 Å². The van der Waals surface area contributed by atoms with E-state index in [-0.39, 0.29) is 54.5 Å². The predicted octanol–water partition coefficient (Wildman–Crippen LogP) is 3.69. The SMILES string of the molecule is CC[C@H](C)[C@@H]([C@@H](CC(=O)N1CCC[C@H]1[C@H](OC)[C@@H](C)C(=O)N[C@@H](Cc1c[nH]c2ccccc12)C(=O)N1CCCCO1)OC)N(C)C(C)=O. The number of carbonyl (C=O) groups excluding carboxylic acids is 4. The minimum Gasteiger partial charge on any atom is -0.379 e. The molecule has 0 aliphatic carbocycles. The molecule has 4 amide bonds. The van der Waals surface area contributed by atoms with Crippen LogP contribution in [0.2, 0.25) is 0 Å². The van der Waals surface area contributed by atoms with Crippen LogP contribution in [0, 0.1) is 11.8 Å². The molecule has 0 saturated carbocycles. The summed E-state index contributed by atoms with van der Waals surface area (Å²) >= 11 is 0. The molecule has 2 fully saturated rings. The fourth-order valence-corrected chi connectivity index (χ4v) is 7.34. The number of aromatic nitrogens is 1. The monoisotopic (exact) mass is 669 g/mol. The Labute approximate surface area is 284 Å². The third kappa shape index (κ3) is 8.56. The van der Waals surface area contributed by atoms with Crippen LogP contribution in [0.25, 0.3) is 10.9 Å². The van der Waals surface area contributed by atoms with Gasteiger partial charge in [-0.05, 0) is 43.2 Å². The second-order valence-corrected chi connectivity index (χ2v) is 13.4. The van der Waals surface area contributed by atoms with Gasteiger partial charge in [-0.3, -0.25) is 24.0 Å². The maximum absolute atomic E-state index is 14.0. The lowest BCUT2D eigenvalue weighted by atomic mass is 9.90. The first-order valence-electron chi connectivity index (χ1n) is 17.4. The number of H-pyrrole nitrogens is 1. The standard InChI is InChI=1S/C36H55N5O7/c1-8-23(2)33(39(5)25(4)42)31(46-6)21-32(43)40-17-13-16-30(40)34(47-7)24(3)35(44)38-29(36(45)41-18-11-12-19-48-41)20-26-22-37-28-15-10-9-14-27(26)28/h9-10,14-15,22-24,29-31,33-34,37H,8,11-13,16-21H2,1-7H3,(H,38,44)/t23-,24+,29-,30-,31+,33-,34+/m0/s1. The number of likely N-dealkylation sites (N-methyl/N-ethyl adjacent to an activating group) is 1. The van der Waals surface area contributed by atoms with Crippen LogP contribution in [0.1, 0.15) is 71.8 Å². The van der Waals surface area contributed by atoms with Crippen LogP contribution < -0.4 is 5.32 Å². The Morgan fingerprint density at radius 2 is 1.83 bits per heavy atom. The molecular formula is C36H55N5O7. The summed E-state index contributed by atoms with van der Waals surface area (Å²) in [5, 5.41) is 5.40. The number of hydrogen-bond acceptors (Lipinski definition) is 7. The maximum Gasteiger partial charge on any atom is 0.269 e. The Bertz CT molecular complexity index is 1390. The van der Waals surface area contributed by atoms with E-state index >= 15 is 0 Å². The van der Waals surface area contributed by atoms with E-state index in [0.717, 1.165) is 42.1 Å². The van der Waals surface area contributed by atoms with Crippen LogP contribution in [0.15, 0.2) is 30.5 Å². The van der Waals surface area contributed by atoms with Crippen molar-refractivity contribution in [1.29, 1.82) is 0 Å². The van der Waals surface area contributed by atoms with Crippen LogP contribution in [-0.4, -0.2) is 115 Å². The number of hydrogen-bond donors (Lipinski definition) is 2. The van der Waals surface area contributed by atoms with Gasteiger partial charge in [0.05, 0.1) is 43.2 Å². The number of fused-ring (bicyclic) bond motifs is 1. The van der Waals surface area contributed by atoms with Crippen LogP contribution in [0.3, 0.4) is 0 Å². The van der Waals surface area contributed by atoms with Crippen LogP contribution >= 0.6 is 0 Å². The smallest absolute Gasteiger partial charge is 0.269 e. The molecule has 1 aromatic carbocycles. The molecule has 0 spiro atoms. The number of benzene rings is 1. The van der Waals surface area contributed by atoms with E-state index in [1.54, 1.807) is 33.1 Å². The Morgan fingerprint density at radius 1 is 1.08 bits per heavy atom. The first-order valence-corrected chi connectivity index (χ1v) is 17.4. The number of likely N-dealkylation sites (tertiary alicyclic amines) is 1. The van der Waals surface area contributed by atoms with Gasteiger partial charge in [-0.25, -0.2) is 5.06 Å². The minimum atomic E-state index is -0.853. The molecule has 0 bridgehead atoms. The van der Waals surface area contributed by atoms with Gasteiger partial charge in [-0.2, -0.15) is 0 Å². The van der Waals surface area contributed by atoms with Gasteiger partial charge in [-0.1, -0.05) is 45.4 Å². The third-order valence-corrected chi connectivity index (χ3v) is 10.4. The van der Waals surface area contributed by atoms with Crippen molar-refractivity contribution >= 4 is 34.5 Å². The number of nitrogens with zero attached hydrogens (tertiary/aromatic N) is 3. The van der Waals surface area contributed by atoms with E-state index in [1.807, 2.05) is 35.4 Å². The molecule has 2 aliphatic rings. The van der Waals surface area contributed by atoms with Gasteiger partial charge in [-0.15, -0.1) is 0 Å². The fraction of sp³-hybridized carbons (Fsp3) is 0.667. The molecule has 1 aromatic heterocycles. The average molecular weight is 670 g/mol.